The van der Waals surface area contributed by atoms with E-state index < -0.39 is 24.2 Å². The predicted octanol–water partition coefficient (Wildman–Crippen LogP) is -0.577. The molecule has 0 radical (unpaired) electrons. The minimum absolute atomic E-state index is 0. The molecule has 0 aromatic heterocycles. The molecule has 2 fully saturated rings. The fourth-order valence-electron chi connectivity index (χ4n) is 3.18. The third-order valence-electron chi connectivity index (χ3n) is 4.76. The molecule has 9 heteroatoms. The number of ether oxygens (including phenoxy) is 1. The summed E-state index contributed by atoms with van der Waals surface area (Å²) >= 11 is 0. The van der Waals surface area contributed by atoms with Crippen molar-refractivity contribution in [3.05, 3.63) is 35.9 Å². The SMILES string of the molecule is CN(C)C(=O)[C@H](Cc1ccccc1)NC(=O)[C@H]1O[C@@H]1C(=O)N1CCNCC1.Cl. The van der Waals surface area contributed by atoms with Crippen LogP contribution in [0.1, 0.15) is 5.56 Å². The van der Waals surface area contributed by atoms with Crippen molar-refractivity contribution >= 4 is 30.1 Å². The molecular formula is C19H27ClN4O4. The van der Waals surface area contributed by atoms with Crippen LogP contribution < -0.4 is 10.6 Å². The highest BCUT2D eigenvalue weighted by molar-refractivity contribution is 5.97. The van der Waals surface area contributed by atoms with E-state index >= 15 is 0 Å². The molecule has 154 valence electrons. The highest BCUT2D eigenvalue weighted by Crippen LogP contribution is 2.25. The minimum atomic E-state index is -0.819. The number of carbonyl (C=O) groups excluding carboxylic acids is 3. The smallest absolute Gasteiger partial charge is 0.255 e. The zero-order chi connectivity index (χ0) is 19.4. The largest absolute Gasteiger partial charge is 0.349 e. The van der Waals surface area contributed by atoms with Crippen molar-refractivity contribution in [2.24, 2.45) is 0 Å². The van der Waals surface area contributed by atoms with Crippen LogP contribution in [0.25, 0.3) is 0 Å². The quantitative estimate of drug-likeness (QED) is 0.612. The first-order valence-electron chi connectivity index (χ1n) is 9.18. The lowest BCUT2D eigenvalue weighted by molar-refractivity contribution is -0.134. The van der Waals surface area contributed by atoms with Gasteiger partial charge in [-0.3, -0.25) is 14.4 Å². The molecular weight excluding hydrogens is 384 g/mol. The van der Waals surface area contributed by atoms with Gasteiger partial charge in [0.2, 0.25) is 5.91 Å². The first-order chi connectivity index (χ1) is 13.0. The Morgan fingerprint density at radius 3 is 2.43 bits per heavy atom. The van der Waals surface area contributed by atoms with Crippen LogP contribution in [0.5, 0.6) is 0 Å². The van der Waals surface area contributed by atoms with E-state index in [4.69, 9.17) is 4.74 Å². The van der Waals surface area contributed by atoms with Crippen LogP contribution in [-0.2, 0) is 25.5 Å². The van der Waals surface area contributed by atoms with Crippen molar-refractivity contribution in [3.8, 4) is 0 Å². The molecule has 1 aromatic carbocycles. The van der Waals surface area contributed by atoms with Gasteiger partial charge in [0.25, 0.3) is 11.8 Å². The summed E-state index contributed by atoms with van der Waals surface area (Å²) in [5, 5.41) is 5.94. The summed E-state index contributed by atoms with van der Waals surface area (Å²) in [4.78, 5) is 40.6. The standard InChI is InChI=1S/C19H26N4O4.ClH/c1-22(2)18(25)14(12-13-6-4-3-5-7-13)21-17(24)15-16(27-15)19(26)23-10-8-20-9-11-23;/h3-7,14-16,20H,8-12H2,1-2H3,(H,21,24);1H/t14-,15-,16-;/m0./s1. The van der Waals surface area contributed by atoms with Gasteiger partial charge >= 0.3 is 0 Å². The third-order valence-corrected chi connectivity index (χ3v) is 4.76. The molecule has 2 aliphatic rings. The van der Waals surface area contributed by atoms with Crippen LogP contribution in [-0.4, -0.2) is 86.0 Å². The molecule has 0 aliphatic carbocycles. The maximum Gasteiger partial charge on any atom is 0.255 e. The number of rotatable bonds is 6. The van der Waals surface area contributed by atoms with Gasteiger partial charge in [0, 0.05) is 46.7 Å². The Kier molecular flexibility index (Phi) is 7.79. The number of nitrogens with one attached hydrogen (secondary N) is 2. The Hall–Kier alpha value is -2.16. The molecule has 2 N–H and O–H groups in total. The fourth-order valence-corrected chi connectivity index (χ4v) is 3.18. The molecule has 2 heterocycles. The lowest BCUT2D eigenvalue weighted by atomic mass is 10.0. The summed E-state index contributed by atoms with van der Waals surface area (Å²) in [5.74, 6) is -0.771. The number of amides is 3. The highest BCUT2D eigenvalue weighted by atomic mass is 35.5. The summed E-state index contributed by atoms with van der Waals surface area (Å²) < 4.78 is 5.34. The van der Waals surface area contributed by atoms with E-state index in [0.717, 1.165) is 18.7 Å². The second-order valence-corrected chi connectivity index (χ2v) is 7.04. The maximum absolute atomic E-state index is 12.5. The lowest BCUT2D eigenvalue weighted by Crippen LogP contribution is -2.50. The van der Waals surface area contributed by atoms with Gasteiger partial charge in [0.15, 0.2) is 12.2 Å². The van der Waals surface area contributed by atoms with E-state index in [-0.39, 0.29) is 24.2 Å². The van der Waals surface area contributed by atoms with Crippen molar-refractivity contribution in [1.29, 1.82) is 0 Å². The monoisotopic (exact) mass is 410 g/mol. The predicted molar refractivity (Wildman–Crippen MR) is 106 cm³/mol. The van der Waals surface area contributed by atoms with Crippen molar-refractivity contribution in [1.82, 2.24) is 20.4 Å². The molecule has 1 aromatic rings. The number of hydrogen-bond donors (Lipinski definition) is 2. The number of piperazine rings is 1. The van der Waals surface area contributed by atoms with E-state index in [1.54, 1.807) is 19.0 Å². The number of epoxide rings is 1. The Morgan fingerprint density at radius 1 is 1.18 bits per heavy atom. The zero-order valence-corrected chi connectivity index (χ0v) is 16.9. The van der Waals surface area contributed by atoms with Crippen LogP contribution in [0.2, 0.25) is 0 Å². The first kappa shape index (κ1) is 22.1. The van der Waals surface area contributed by atoms with Crippen molar-refractivity contribution in [3.63, 3.8) is 0 Å². The second-order valence-electron chi connectivity index (χ2n) is 7.04. The normalized spacial score (nSPS) is 21.9. The Bertz CT molecular complexity index is 694. The van der Waals surface area contributed by atoms with E-state index in [2.05, 4.69) is 10.6 Å². The van der Waals surface area contributed by atoms with Crippen LogP contribution in [0.3, 0.4) is 0 Å². The Labute approximate surface area is 171 Å². The topological polar surface area (TPSA) is 94.3 Å². The van der Waals surface area contributed by atoms with Gasteiger partial charge < -0.3 is 25.2 Å². The van der Waals surface area contributed by atoms with Gasteiger partial charge in [-0.25, -0.2) is 0 Å². The van der Waals surface area contributed by atoms with E-state index in [1.807, 2.05) is 30.3 Å². The maximum atomic E-state index is 12.5. The molecule has 2 saturated heterocycles. The summed E-state index contributed by atoms with van der Waals surface area (Å²) in [6.07, 6.45) is -1.18. The average Bonchev–Trinajstić information content (AvgIpc) is 3.48. The van der Waals surface area contributed by atoms with Crippen molar-refractivity contribution < 1.29 is 19.1 Å². The lowest BCUT2D eigenvalue weighted by Gasteiger charge is -2.26. The van der Waals surface area contributed by atoms with Gasteiger partial charge in [-0.1, -0.05) is 30.3 Å². The van der Waals surface area contributed by atoms with Gasteiger partial charge in [-0.15, -0.1) is 12.4 Å². The molecule has 8 nitrogen and oxygen atoms in total. The number of hydrogen-bond acceptors (Lipinski definition) is 5. The molecule has 0 saturated carbocycles. The molecule has 0 spiro atoms. The van der Waals surface area contributed by atoms with Crippen LogP contribution in [0, 0.1) is 0 Å². The van der Waals surface area contributed by atoms with Gasteiger partial charge in [0.1, 0.15) is 6.04 Å². The molecule has 3 rings (SSSR count). The second kappa shape index (κ2) is 9.86. The van der Waals surface area contributed by atoms with Gasteiger partial charge in [0.05, 0.1) is 0 Å². The van der Waals surface area contributed by atoms with E-state index in [9.17, 15) is 14.4 Å². The van der Waals surface area contributed by atoms with Gasteiger partial charge in [-0.05, 0) is 5.56 Å². The Morgan fingerprint density at radius 2 is 1.82 bits per heavy atom. The number of carbonyl (C=O) groups is 3. The number of halogens is 1. The van der Waals surface area contributed by atoms with E-state index in [1.165, 1.54) is 4.90 Å². The molecule has 3 amide bonds. The molecule has 0 bridgehead atoms. The molecule has 0 unspecified atom stereocenters. The van der Waals surface area contributed by atoms with Crippen LogP contribution in [0.4, 0.5) is 0 Å². The highest BCUT2D eigenvalue weighted by Gasteiger charge is 2.52. The van der Waals surface area contributed by atoms with Gasteiger partial charge in [-0.2, -0.15) is 0 Å². The summed E-state index contributed by atoms with van der Waals surface area (Å²) in [5.41, 5.74) is 0.947. The summed E-state index contributed by atoms with van der Waals surface area (Å²) in [6, 6.07) is 8.80. The van der Waals surface area contributed by atoms with E-state index in [0.29, 0.717) is 19.5 Å². The number of nitrogens with zero attached hydrogens (tertiary/aromatic N) is 2. The van der Waals surface area contributed by atoms with Crippen molar-refractivity contribution in [2.45, 2.75) is 24.7 Å². The molecule has 28 heavy (non-hydrogen) atoms. The molecule has 2 aliphatic heterocycles. The summed E-state index contributed by atoms with van der Waals surface area (Å²) in [6.45, 7) is 2.71. The molecule has 3 atom stereocenters. The zero-order valence-electron chi connectivity index (χ0n) is 16.1. The number of benzene rings is 1. The number of likely N-dealkylation sites (N-methyl/N-ethyl adjacent to an activating group) is 1. The Balaban J connectivity index is 0.00000280. The first-order valence-corrected chi connectivity index (χ1v) is 9.18. The van der Waals surface area contributed by atoms with Crippen molar-refractivity contribution in [2.75, 3.05) is 40.3 Å². The average molecular weight is 411 g/mol. The third kappa shape index (κ3) is 5.43. The summed E-state index contributed by atoms with van der Waals surface area (Å²) in [7, 11) is 3.30. The van der Waals surface area contributed by atoms with Crippen LogP contribution in [0.15, 0.2) is 30.3 Å². The minimum Gasteiger partial charge on any atom is -0.349 e. The van der Waals surface area contributed by atoms with Crippen LogP contribution >= 0.6 is 12.4 Å². The fraction of sp³-hybridized carbons (Fsp3) is 0.526.